The molecule has 0 unspecified atom stereocenters. The number of hydrogen-bond acceptors (Lipinski definition) is 3. The normalized spacial score (nSPS) is 20.1. The summed E-state index contributed by atoms with van der Waals surface area (Å²) in [6.45, 7) is 3.00. The van der Waals surface area contributed by atoms with Crippen molar-refractivity contribution < 1.29 is 13.2 Å². The minimum Gasteiger partial charge on any atom is -0.343 e. The van der Waals surface area contributed by atoms with E-state index >= 15 is 0 Å². The SMILES string of the molecule is O=C(CCc1ccc(S(=O)(=O)N2CCCCC2)cc1)N1CCCCCCC1. The van der Waals surface area contributed by atoms with Crippen molar-refractivity contribution >= 4 is 15.9 Å². The van der Waals surface area contributed by atoms with Gasteiger partial charge >= 0.3 is 0 Å². The Morgan fingerprint density at radius 3 is 1.93 bits per heavy atom. The highest BCUT2D eigenvalue weighted by atomic mass is 32.2. The Balaban J connectivity index is 1.55. The molecule has 0 aromatic heterocycles. The largest absolute Gasteiger partial charge is 0.343 e. The minimum atomic E-state index is -3.38. The van der Waals surface area contributed by atoms with E-state index in [4.69, 9.17) is 0 Å². The molecule has 5 nitrogen and oxygen atoms in total. The van der Waals surface area contributed by atoms with E-state index < -0.39 is 10.0 Å². The number of carbonyl (C=O) groups excluding carboxylic acids is 1. The van der Waals surface area contributed by atoms with Crippen molar-refractivity contribution in [2.75, 3.05) is 26.2 Å². The van der Waals surface area contributed by atoms with Crippen LogP contribution in [0.15, 0.2) is 29.2 Å². The second kappa shape index (κ2) is 9.69. The first-order chi connectivity index (χ1) is 13.1. The summed E-state index contributed by atoms with van der Waals surface area (Å²) in [7, 11) is -3.38. The van der Waals surface area contributed by atoms with Gasteiger partial charge in [0.25, 0.3) is 0 Å². The Labute approximate surface area is 163 Å². The van der Waals surface area contributed by atoms with Crippen LogP contribution in [0.5, 0.6) is 0 Å². The molecule has 6 heteroatoms. The van der Waals surface area contributed by atoms with Gasteiger partial charge in [-0.05, 0) is 49.8 Å². The van der Waals surface area contributed by atoms with Gasteiger partial charge in [0.15, 0.2) is 0 Å². The summed E-state index contributed by atoms with van der Waals surface area (Å²) >= 11 is 0. The molecule has 0 aliphatic carbocycles. The van der Waals surface area contributed by atoms with Crippen LogP contribution in [0.1, 0.15) is 63.4 Å². The lowest BCUT2D eigenvalue weighted by Gasteiger charge is -2.26. The molecule has 27 heavy (non-hydrogen) atoms. The molecule has 0 atom stereocenters. The summed E-state index contributed by atoms with van der Waals surface area (Å²) in [5, 5.41) is 0. The number of aryl methyl sites for hydroxylation is 1. The zero-order chi connectivity index (χ0) is 19.1. The molecule has 2 heterocycles. The lowest BCUT2D eigenvalue weighted by atomic mass is 10.1. The smallest absolute Gasteiger partial charge is 0.243 e. The molecule has 150 valence electrons. The van der Waals surface area contributed by atoms with Gasteiger partial charge in [-0.1, -0.05) is 37.8 Å². The van der Waals surface area contributed by atoms with Crippen LogP contribution in [0.4, 0.5) is 0 Å². The Bertz CT molecular complexity index is 701. The average molecular weight is 393 g/mol. The zero-order valence-corrected chi connectivity index (χ0v) is 17.1. The van der Waals surface area contributed by atoms with Crippen molar-refractivity contribution in [1.82, 2.24) is 9.21 Å². The third-order valence-corrected chi connectivity index (χ3v) is 7.63. The first kappa shape index (κ1) is 20.3. The Hall–Kier alpha value is -1.40. The molecule has 0 spiro atoms. The molecule has 1 amide bonds. The number of sulfonamides is 1. The highest BCUT2D eigenvalue weighted by Gasteiger charge is 2.25. The number of amides is 1. The van der Waals surface area contributed by atoms with Crippen LogP contribution < -0.4 is 0 Å². The summed E-state index contributed by atoms with van der Waals surface area (Å²) in [6, 6.07) is 7.11. The zero-order valence-electron chi connectivity index (χ0n) is 16.2. The van der Waals surface area contributed by atoms with E-state index in [0.717, 1.165) is 50.8 Å². The summed E-state index contributed by atoms with van der Waals surface area (Å²) in [6.07, 6.45) is 10.1. The van der Waals surface area contributed by atoms with E-state index in [-0.39, 0.29) is 5.91 Å². The Morgan fingerprint density at radius 2 is 1.30 bits per heavy atom. The van der Waals surface area contributed by atoms with Gasteiger partial charge in [0.05, 0.1) is 4.90 Å². The van der Waals surface area contributed by atoms with Gasteiger partial charge in [0.2, 0.25) is 15.9 Å². The predicted octanol–water partition coefficient (Wildman–Crippen LogP) is 3.59. The third-order valence-electron chi connectivity index (χ3n) is 5.71. The van der Waals surface area contributed by atoms with Gasteiger partial charge < -0.3 is 4.90 Å². The third kappa shape index (κ3) is 5.55. The van der Waals surface area contributed by atoms with Gasteiger partial charge in [0.1, 0.15) is 0 Å². The number of nitrogens with zero attached hydrogens (tertiary/aromatic N) is 2. The maximum Gasteiger partial charge on any atom is 0.243 e. The molecule has 2 fully saturated rings. The number of carbonyl (C=O) groups is 1. The van der Waals surface area contributed by atoms with Crippen LogP contribution in [0.3, 0.4) is 0 Å². The lowest BCUT2D eigenvalue weighted by molar-refractivity contribution is -0.131. The molecule has 2 aliphatic rings. The summed E-state index contributed by atoms with van der Waals surface area (Å²) < 4.78 is 27.0. The molecular formula is C21H32N2O3S. The Kier molecular flexibility index (Phi) is 7.30. The van der Waals surface area contributed by atoms with Crippen molar-refractivity contribution in [3.05, 3.63) is 29.8 Å². The number of piperidine rings is 1. The van der Waals surface area contributed by atoms with Crippen molar-refractivity contribution in [3.8, 4) is 0 Å². The first-order valence-electron chi connectivity index (χ1n) is 10.4. The summed E-state index contributed by atoms with van der Waals surface area (Å²) in [5.41, 5.74) is 1.02. The maximum atomic E-state index is 12.7. The standard InChI is InChI=1S/C21H32N2O3S/c24-21(22-15-5-2-1-3-6-16-22)14-11-19-9-12-20(13-10-19)27(25,26)23-17-7-4-8-18-23/h9-10,12-13H,1-8,11,14-18H2. The predicted molar refractivity (Wildman–Crippen MR) is 107 cm³/mol. The van der Waals surface area contributed by atoms with E-state index in [0.29, 0.717) is 30.8 Å². The van der Waals surface area contributed by atoms with Gasteiger partial charge in [0, 0.05) is 32.6 Å². The summed E-state index contributed by atoms with van der Waals surface area (Å²) in [4.78, 5) is 14.9. The monoisotopic (exact) mass is 392 g/mol. The second-order valence-corrected chi connectivity index (χ2v) is 9.70. The van der Waals surface area contributed by atoms with E-state index in [1.165, 1.54) is 19.3 Å². The van der Waals surface area contributed by atoms with Crippen LogP contribution >= 0.6 is 0 Å². The molecule has 0 radical (unpaired) electrons. The molecule has 1 aromatic rings. The van der Waals surface area contributed by atoms with Gasteiger partial charge in [-0.15, -0.1) is 0 Å². The average Bonchev–Trinajstić information content (AvgIpc) is 2.67. The van der Waals surface area contributed by atoms with E-state index in [9.17, 15) is 13.2 Å². The molecule has 2 saturated heterocycles. The molecule has 0 N–H and O–H groups in total. The van der Waals surface area contributed by atoms with Crippen LogP contribution in [-0.2, 0) is 21.2 Å². The van der Waals surface area contributed by atoms with Crippen LogP contribution in [0, 0.1) is 0 Å². The number of likely N-dealkylation sites (tertiary alicyclic amines) is 1. The van der Waals surface area contributed by atoms with Crippen LogP contribution in [-0.4, -0.2) is 49.7 Å². The van der Waals surface area contributed by atoms with Crippen molar-refractivity contribution in [2.24, 2.45) is 0 Å². The fourth-order valence-corrected chi connectivity index (χ4v) is 5.51. The second-order valence-electron chi connectivity index (χ2n) is 7.76. The molecule has 2 aliphatic heterocycles. The molecular weight excluding hydrogens is 360 g/mol. The van der Waals surface area contributed by atoms with E-state index in [1.54, 1.807) is 16.4 Å². The molecule has 0 bridgehead atoms. The van der Waals surface area contributed by atoms with Gasteiger partial charge in [-0.25, -0.2) is 8.42 Å². The van der Waals surface area contributed by atoms with Gasteiger partial charge in [-0.2, -0.15) is 4.31 Å². The van der Waals surface area contributed by atoms with Crippen molar-refractivity contribution in [1.29, 1.82) is 0 Å². The minimum absolute atomic E-state index is 0.224. The fraction of sp³-hybridized carbons (Fsp3) is 0.667. The Morgan fingerprint density at radius 1 is 0.778 bits per heavy atom. The first-order valence-corrected chi connectivity index (χ1v) is 11.9. The number of rotatable bonds is 5. The topological polar surface area (TPSA) is 57.7 Å². The van der Waals surface area contributed by atoms with Crippen LogP contribution in [0.2, 0.25) is 0 Å². The van der Waals surface area contributed by atoms with Gasteiger partial charge in [-0.3, -0.25) is 4.79 Å². The number of benzene rings is 1. The molecule has 0 saturated carbocycles. The fourth-order valence-electron chi connectivity index (χ4n) is 3.99. The highest BCUT2D eigenvalue weighted by Crippen LogP contribution is 2.21. The van der Waals surface area contributed by atoms with E-state index in [1.807, 2.05) is 17.0 Å². The summed E-state index contributed by atoms with van der Waals surface area (Å²) in [5.74, 6) is 0.224. The van der Waals surface area contributed by atoms with Crippen molar-refractivity contribution in [2.45, 2.75) is 69.1 Å². The lowest BCUT2D eigenvalue weighted by Crippen LogP contribution is -2.35. The highest BCUT2D eigenvalue weighted by molar-refractivity contribution is 7.89. The maximum absolute atomic E-state index is 12.7. The molecule has 3 rings (SSSR count). The van der Waals surface area contributed by atoms with Crippen molar-refractivity contribution in [3.63, 3.8) is 0 Å². The quantitative estimate of drug-likeness (QED) is 0.769. The van der Waals surface area contributed by atoms with E-state index in [2.05, 4.69) is 0 Å². The van der Waals surface area contributed by atoms with Crippen LogP contribution in [0.25, 0.3) is 0 Å². The number of hydrogen-bond donors (Lipinski definition) is 0. The molecule has 1 aromatic carbocycles.